The molecule has 1 fully saturated rings. The van der Waals surface area contributed by atoms with Gasteiger partial charge in [-0.1, -0.05) is 23.7 Å². The van der Waals surface area contributed by atoms with E-state index in [-0.39, 0.29) is 18.0 Å². The topological polar surface area (TPSA) is 92.6 Å². The largest absolute Gasteiger partial charge is 0.373 e. The Morgan fingerprint density at radius 2 is 1.96 bits per heavy atom. The summed E-state index contributed by atoms with van der Waals surface area (Å²) in [6, 6.07) is 10.0. The Morgan fingerprint density at radius 1 is 1.24 bits per heavy atom. The van der Waals surface area contributed by atoms with Crippen molar-refractivity contribution < 1.29 is 14.5 Å². The van der Waals surface area contributed by atoms with Crippen LogP contribution in [0.5, 0.6) is 0 Å². The summed E-state index contributed by atoms with van der Waals surface area (Å²) in [6.45, 7) is 1.74. The van der Waals surface area contributed by atoms with Gasteiger partial charge in [-0.3, -0.25) is 19.7 Å². The molecule has 0 radical (unpaired) electrons. The number of hydrogen-bond acceptors (Lipinski definition) is 5. The van der Waals surface area contributed by atoms with E-state index in [1.807, 2.05) is 0 Å². The van der Waals surface area contributed by atoms with Crippen LogP contribution in [0.2, 0.25) is 5.02 Å². The second kappa shape index (κ2) is 6.52. The Morgan fingerprint density at radius 3 is 2.68 bits per heavy atom. The molecule has 2 aromatic carbocycles. The third-order valence-corrected chi connectivity index (χ3v) is 4.43. The summed E-state index contributed by atoms with van der Waals surface area (Å²) in [7, 11) is 0. The molecule has 1 heterocycles. The highest BCUT2D eigenvalue weighted by Gasteiger charge is 2.40. The minimum Gasteiger partial charge on any atom is -0.373 e. The number of nitro benzene ring substituents is 1. The molecule has 1 aliphatic rings. The zero-order valence-corrected chi connectivity index (χ0v) is 14.0. The van der Waals surface area contributed by atoms with Gasteiger partial charge < -0.3 is 5.32 Å². The molecule has 0 bridgehead atoms. The minimum absolute atomic E-state index is 0.0342. The standard InChI is InChI=1S/C17H14ClN3O4/c1-10-13(18)6-3-7-15(10)20-16(22)9-14(17(20)23)19-11-4-2-5-12(8-11)21(24)25/h2-8,14,19H,9H2,1H3/t14-/m1/s1. The number of nitrogens with zero attached hydrogens (tertiary/aromatic N) is 2. The fraction of sp³-hybridized carbons (Fsp3) is 0.176. The van der Waals surface area contributed by atoms with Crippen molar-refractivity contribution in [3.8, 4) is 0 Å². The first-order chi connectivity index (χ1) is 11.9. The smallest absolute Gasteiger partial charge is 0.271 e. The highest BCUT2D eigenvalue weighted by atomic mass is 35.5. The van der Waals surface area contributed by atoms with E-state index in [0.29, 0.717) is 22.0 Å². The van der Waals surface area contributed by atoms with Crippen molar-refractivity contribution >= 4 is 40.5 Å². The average Bonchev–Trinajstić information content (AvgIpc) is 2.84. The first-order valence-electron chi connectivity index (χ1n) is 7.51. The Bertz CT molecular complexity index is 884. The average molecular weight is 360 g/mol. The van der Waals surface area contributed by atoms with Gasteiger partial charge in [0.2, 0.25) is 5.91 Å². The van der Waals surface area contributed by atoms with Crippen molar-refractivity contribution in [2.45, 2.75) is 19.4 Å². The van der Waals surface area contributed by atoms with Gasteiger partial charge in [0.25, 0.3) is 11.6 Å². The SMILES string of the molecule is Cc1c(Cl)cccc1N1C(=O)C[C@@H](Nc2cccc([N+](=O)[O-])c2)C1=O. The van der Waals surface area contributed by atoms with E-state index in [0.717, 1.165) is 4.90 Å². The van der Waals surface area contributed by atoms with Crippen molar-refractivity contribution in [3.05, 3.63) is 63.2 Å². The van der Waals surface area contributed by atoms with E-state index in [4.69, 9.17) is 11.6 Å². The van der Waals surface area contributed by atoms with Gasteiger partial charge in [-0.2, -0.15) is 0 Å². The summed E-state index contributed by atoms with van der Waals surface area (Å²) in [5.74, 6) is -0.764. The summed E-state index contributed by atoms with van der Waals surface area (Å²) < 4.78 is 0. The van der Waals surface area contributed by atoms with Crippen LogP contribution in [0.15, 0.2) is 42.5 Å². The lowest BCUT2D eigenvalue weighted by molar-refractivity contribution is -0.384. The quantitative estimate of drug-likeness (QED) is 0.513. The maximum absolute atomic E-state index is 12.7. The molecule has 1 N–H and O–H groups in total. The molecule has 0 saturated carbocycles. The highest BCUT2D eigenvalue weighted by molar-refractivity contribution is 6.32. The van der Waals surface area contributed by atoms with Crippen molar-refractivity contribution in [2.24, 2.45) is 0 Å². The van der Waals surface area contributed by atoms with Gasteiger partial charge in [-0.15, -0.1) is 0 Å². The number of benzene rings is 2. The lowest BCUT2D eigenvalue weighted by Crippen LogP contribution is -2.35. The van der Waals surface area contributed by atoms with Crippen LogP contribution in [-0.4, -0.2) is 22.8 Å². The molecular formula is C17H14ClN3O4. The molecule has 1 aliphatic heterocycles. The van der Waals surface area contributed by atoms with Gasteiger partial charge in [-0.25, -0.2) is 4.90 Å². The van der Waals surface area contributed by atoms with Gasteiger partial charge in [-0.05, 0) is 30.7 Å². The van der Waals surface area contributed by atoms with Crippen molar-refractivity contribution in [1.82, 2.24) is 0 Å². The molecule has 25 heavy (non-hydrogen) atoms. The number of amides is 2. The highest BCUT2D eigenvalue weighted by Crippen LogP contribution is 2.31. The Labute approximate surface area is 148 Å². The first kappa shape index (κ1) is 16.9. The second-order valence-corrected chi connectivity index (χ2v) is 6.07. The lowest BCUT2D eigenvalue weighted by Gasteiger charge is -2.18. The van der Waals surface area contributed by atoms with E-state index in [1.54, 1.807) is 31.2 Å². The van der Waals surface area contributed by atoms with Gasteiger partial charge in [0.05, 0.1) is 17.0 Å². The fourth-order valence-electron chi connectivity index (χ4n) is 2.75. The molecule has 0 aromatic heterocycles. The Kier molecular flexibility index (Phi) is 4.41. The molecule has 0 unspecified atom stereocenters. The molecule has 1 saturated heterocycles. The van der Waals surface area contributed by atoms with Crippen molar-refractivity contribution in [1.29, 1.82) is 0 Å². The monoisotopic (exact) mass is 359 g/mol. The van der Waals surface area contributed by atoms with E-state index >= 15 is 0 Å². The predicted molar refractivity (Wildman–Crippen MR) is 93.8 cm³/mol. The van der Waals surface area contributed by atoms with Crippen molar-refractivity contribution in [2.75, 3.05) is 10.2 Å². The number of non-ortho nitro benzene ring substituents is 1. The molecule has 0 spiro atoms. The number of nitrogens with one attached hydrogen (secondary N) is 1. The van der Waals surface area contributed by atoms with Crippen LogP contribution in [0, 0.1) is 17.0 Å². The van der Waals surface area contributed by atoms with Crippen LogP contribution >= 0.6 is 11.6 Å². The zero-order valence-electron chi connectivity index (χ0n) is 13.2. The zero-order chi connectivity index (χ0) is 18.1. The molecule has 1 atom stereocenters. The maximum Gasteiger partial charge on any atom is 0.271 e. The Balaban J connectivity index is 1.85. The molecule has 8 heteroatoms. The normalized spacial score (nSPS) is 17.0. The molecule has 3 rings (SSSR count). The summed E-state index contributed by atoms with van der Waals surface area (Å²) in [5, 5.41) is 14.2. The van der Waals surface area contributed by atoms with Crippen LogP contribution in [0.1, 0.15) is 12.0 Å². The molecule has 128 valence electrons. The number of carbonyl (C=O) groups is 2. The van der Waals surface area contributed by atoms with Crippen molar-refractivity contribution in [3.63, 3.8) is 0 Å². The van der Waals surface area contributed by atoms with E-state index < -0.39 is 16.9 Å². The third kappa shape index (κ3) is 3.18. The first-order valence-corrected chi connectivity index (χ1v) is 7.89. The predicted octanol–water partition coefficient (Wildman–Crippen LogP) is 3.30. The molecular weight excluding hydrogens is 346 g/mol. The lowest BCUT2D eigenvalue weighted by atomic mass is 10.2. The maximum atomic E-state index is 12.7. The van der Waals surface area contributed by atoms with Gasteiger partial charge in [0.1, 0.15) is 6.04 Å². The molecule has 2 aromatic rings. The number of carbonyl (C=O) groups excluding carboxylic acids is 2. The number of hydrogen-bond donors (Lipinski definition) is 1. The molecule has 2 amide bonds. The van der Waals surface area contributed by atoms with E-state index in [2.05, 4.69) is 5.32 Å². The number of imide groups is 1. The molecule has 0 aliphatic carbocycles. The summed E-state index contributed by atoms with van der Waals surface area (Å²) in [6.07, 6.45) is -0.0342. The summed E-state index contributed by atoms with van der Waals surface area (Å²) in [5.41, 5.74) is 1.40. The van der Waals surface area contributed by atoms with E-state index in [1.165, 1.54) is 18.2 Å². The van der Waals surface area contributed by atoms with Gasteiger partial charge in [0, 0.05) is 22.8 Å². The Hall–Kier alpha value is -2.93. The summed E-state index contributed by atoms with van der Waals surface area (Å²) in [4.78, 5) is 36.4. The van der Waals surface area contributed by atoms with Crippen LogP contribution in [0.25, 0.3) is 0 Å². The van der Waals surface area contributed by atoms with Crippen LogP contribution in [-0.2, 0) is 9.59 Å². The molecule has 7 nitrogen and oxygen atoms in total. The summed E-state index contributed by atoms with van der Waals surface area (Å²) >= 11 is 6.07. The van der Waals surface area contributed by atoms with Crippen LogP contribution in [0.4, 0.5) is 17.1 Å². The van der Waals surface area contributed by atoms with Crippen LogP contribution in [0.3, 0.4) is 0 Å². The van der Waals surface area contributed by atoms with Gasteiger partial charge in [0.15, 0.2) is 0 Å². The minimum atomic E-state index is -0.784. The van der Waals surface area contributed by atoms with Gasteiger partial charge >= 0.3 is 0 Å². The number of nitro groups is 1. The second-order valence-electron chi connectivity index (χ2n) is 5.66. The van der Waals surface area contributed by atoms with Crippen LogP contribution < -0.4 is 10.2 Å². The number of anilines is 2. The number of rotatable bonds is 4. The number of halogens is 1. The fourth-order valence-corrected chi connectivity index (χ4v) is 2.92. The van der Waals surface area contributed by atoms with E-state index in [9.17, 15) is 19.7 Å². The third-order valence-electron chi connectivity index (χ3n) is 4.02.